The molecule has 6 aromatic rings. The Bertz CT molecular complexity index is 4360. The summed E-state index contributed by atoms with van der Waals surface area (Å²) >= 11 is 6.31. The second-order valence-corrected chi connectivity index (χ2v) is 41.1. The van der Waals surface area contributed by atoms with Crippen LogP contribution < -0.4 is 38.9 Å². The van der Waals surface area contributed by atoms with Crippen molar-refractivity contribution in [3.63, 3.8) is 0 Å². The Morgan fingerprint density at radius 3 is 1.28 bits per heavy atom. The van der Waals surface area contributed by atoms with Crippen LogP contribution in [0.5, 0.6) is 11.5 Å². The van der Waals surface area contributed by atoms with Crippen LogP contribution in [0.1, 0.15) is 197 Å². The maximum absolute atomic E-state index is 13.8. The molecule has 14 aliphatic rings. The Morgan fingerprint density at radius 2 is 0.815 bits per heavy atom. The van der Waals surface area contributed by atoms with E-state index in [1.54, 1.807) is 19.2 Å². The summed E-state index contributed by atoms with van der Waals surface area (Å²) in [4.78, 5) is 44.5. The summed E-state index contributed by atoms with van der Waals surface area (Å²) in [6.07, 6.45) is 39.9. The minimum atomic E-state index is -0.152. The highest BCUT2D eigenvalue weighted by atomic mass is 35.5. The standard InChI is InChI=1S/C20H31N3O2.C19H30N2O.C19H30N2.C18H23ClN2.C18H26N2O.C17H25FN2/c1-4-25-20(24)23-9-7-18(8-10-23)21-11-13-22(14-12-21)19-15-16(2)5-6-17(19)3;1-2-22-19-11-7-6-10-18(19)21-14-12-20(13-15-21)16-17-8-4-3-5-9-17;1-16-9-10-17(2)19(15-16)21-13-11-20(12-14-21)18-7-5-3-4-6-8-18;19-17-3-1-2-4-18(17)21-9-7-20(8-10-21)13-16-12-14-5-6-15(16)11-14;1-21-18-5-3-2-4-16(18)19-8-10-20(11-9-19)17-13-14-6-7-15(17)12-14;18-16-9-5-6-10-17(16)20-13-11-19(12-14-20)15-7-3-1-2-4-8-15/h5-6,15,18H,4,7-14H2,1-3H3;6-7,10-11,17H,2-5,8-9,12-16H2,1H3;9-10,15,18H,3-8,11-14H2,1-2H3;1-6,14-16H,7-13H2;2-5,14-15,17H,6-13H2,1H3;5-6,9-10,15H,1-4,7-8,11-14H2. The van der Waals surface area contributed by atoms with Gasteiger partial charge in [0.25, 0.3) is 0 Å². The van der Waals surface area contributed by atoms with Gasteiger partial charge in [0.05, 0.1) is 48.1 Å². The number of piperazine rings is 6. The Morgan fingerprint density at radius 1 is 0.385 bits per heavy atom. The number of hydrogen-bond acceptors (Lipinski definition) is 16. The average Bonchev–Trinajstić information content (AvgIpc) is 1.65. The van der Waals surface area contributed by atoms with E-state index in [-0.39, 0.29) is 11.9 Å². The number of likely N-dealkylation sites (tertiary alicyclic amines) is 1. The number of fused-ring (bicyclic) bond motifs is 4. The summed E-state index contributed by atoms with van der Waals surface area (Å²) in [5.41, 5.74) is 12.8. The second kappa shape index (κ2) is 49.8. The molecule has 6 saturated carbocycles. The monoisotopic (exact) mass is 1800 g/mol. The van der Waals surface area contributed by atoms with E-state index >= 15 is 0 Å². The van der Waals surface area contributed by atoms with Crippen molar-refractivity contribution < 1.29 is 23.4 Å². The summed E-state index contributed by atoms with van der Waals surface area (Å²) < 4.78 is 30.2. The van der Waals surface area contributed by atoms with Crippen molar-refractivity contribution in [1.82, 2.24) is 34.3 Å². The fraction of sp³-hybridized carbons (Fsp3) is 0.649. The molecule has 20 rings (SSSR count). The van der Waals surface area contributed by atoms with Gasteiger partial charge < -0.3 is 48.5 Å². The molecule has 6 unspecified atom stereocenters. The van der Waals surface area contributed by atoms with Crippen LogP contribution in [0.15, 0.2) is 146 Å². The van der Waals surface area contributed by atoms with E-state index in [2.05, 4.69) is 197 Å². The maximum atomic E-state index is 13.8. The molecule has 19 heteroatoms. The van der Waals surface area contributed by atoms with Crippen molar-refractivity contribution in [3.8, 4) is 11.5 Å². The van der Waals surface area contributed by atoms with E-state index in [0.29, 0.717) is 12.6 Å². The first-order chi connectivity index (χ1) is 63.7. The van der Waals surface area contributed by atoms with Crippen LogP contribution in [0, 0.1) is 69.0 Å². The van der Waals surface area contributed by atoms with Gasteiger partial charge in [0.1, 0.15) is 17.3 Å². The van der Waals surface area contributed by atoms with Gasteiger partial charge in [-0.2, -0.15) is 0 Å². The van der Waals surface area contributed by atoms with Crippen molar-refractivity contribution in [2.24, 2.45) is 35.5 Å². The van der Waals surface area contributed by atoms with Gasteiger partial charge in [0.2, 0.25) is 0 Å². The highest BCUT2D eigenvalue weighted by molar-refractivity contribution is 6.33. The number of nitrogens with zero attached hydrogens (tertiary/aromatic N) is 13. The molecule has 6 atom stereocenters. The number of ether oxygens (including phenoxy) is 3. The summed E-state index contributed by atoms with van der Waals surface area (Å²) in [5, 5.41) is 0.879. The first kappa shape index (κ1) is 97.3. The lowest BCUT2D eigenvalue weighted by Crippen LogP contribution is -2.54. The maximum Gasteiger partial charge on any atom is 0.409 e. The number of para-hydroxylation sites is 6. The molecule has 13 fully saturated rings. The smallest absolute Gasteiger partial charge is 0.409 e. The third-order valence-electron chi connectivity index (χ3n) is 32.2. The Labute approximate surface area is 789 Å². The van der Waals surface area contributed by atoms with Crippen molar-refractivity contribution in [3.05, 3.63) is 179 Å². The van der Waals surface area contributed by atoms with Crippen LogP contribution in [0.2, 0.25) is 5.02 Å². The van der Waals surface area contributed by atoms with E-state index in [1.807, 2.05) is 42.2 Å². The summed E-state index contributed by atoms with van der Waals surface area (Å²) in [5.74, 6) is 7.64. The molecule has 7 heterocycles. The molecule has 130 heavy (non-hydrogen) atoms. The molecular formula is C111H165ClFN13O4. The number of piperidine rings is 1. The number of aryl methyl sites for hydroxylation is 4. The van der Waals surface area contributed by atoms with Crippen LogP contribution in [0.4, 0.5) is 43.3 Å². The molecule has 0 radical (unpaired) electrons. The largest absolute Gasteiger partial charge is 0.495 e. The quantitative estimate of drug-likeness (QED) is 0.0604. The number of carbonyl (C=O) groups is 1. The fourth-order valence-electron chi connectivity index (χ4n) is 24.7. The van der Waals surface area contributed by atoms with E-state index in [0.717, 1.165) is 200 Å². The zero-order chi connectivity index (χ0) is 89.9. The van der Waals surface area contributed by atoms with Crippen molar-refractivity contribution in [2.75, 3.05) is 233 Å². The molecule has 0 aromatic heterocycles. The van der Waals surface area contributed by atoms with Gasteiger partial charge in [-0.3, -0.25) is 29.4 Å². The number of hydrogen-bond donors (Lipinski definition) is 0. The van der Waals surface area contributed by atoms with Gasteiger partial charge in [0, 0.05) is 219 Å². The highest BCUT2D eigenvalue weighted by Crippen LogP contribution is 2.48. The van der Waals surface area contributed by atoms with Crippen LogP contribution in [-0.4, -0.2) is 268 Å². The first-order valence-corrected chi connectivity index (χ1v) is 52.5. The number of methoxy groups -OCH3 is 1. The molecule has 7 aliphatic heterocycles. The molecular weight excluding hydrogens is 1630 g/mol. The van der Waals surface area contributed by atoms with Gasteiger partial charge in [-0.25, -0.2) is 9.18 Å². The van der Waals surface area contributed by atoms with Crippen molar-refractivity contribution >= 4 is 51.8 Å². The van der Waals surface area contributed by atoms with Crippen LogP contribution in [0.25, 0.3) is 0 Å². The third-order valence-corrected chi connectivity index (χ3v) is 32.6. The molecule has 17 nitrogen and oxygen atoms in total. The SMILES string of the molecule is CCOC(=O)N1CCC(N2CCN(c3cc(C)ccc3C)CC2)CC1.CCOc1ccccc1N1CCN(CC2CCCCC2)CC1.COc1ccccc1N1CCN(C2CC3CCC2C3)CC1.Cc1ccc(C)c(N2CCN(C3CCCCCC3)CC2)c1.Clc1ccccc1N1CCN(CC2CC3C=CC2C3)CC1.Fc1ccccc1N1CCN(C2CCCCCC2)CC1. The van der Waals surface area contributed by atoms with E-state index in [9.17, 15) is 9.18 Å². The zero-order valence-corrected chi connectivity index (χ0v) is 82.0. The number of carbonyl (C=O) groups excluding carboxylic acids is 1. The topological polar surface area (TPSA) is 86.9 Å². The predicted molar refractivity (Wildman–Crippen MR) is 542 cm³/mol. The second-order valence-electron chi connectivity index (χ2n) is 40.7. The fourth-order valence-corrected chi connectivity index (χ4v) is 25.0. The third kappa shape index (κ3) is 27.1. The van der Waals surface area contributed by atoms with Gasteiger partial charge >= 0.3 is 6.09 Å². The van der Waals surface area contributed by atoms with Crippen LogP contribution >= 0.6 is 11.6 Å². The molecule has 7 saturated heterocycles. The highest BCUT2D eigenvalue weighted by Gasteiger charge is 2.44. The number of allylic oxidation sites excluding steroid dienone is 2. The number of rotatable bonds is 18. The van der Waals surface area contributed by atoms with Crippen LogP contribution in [0.3, 0.4) is 0 Å². The lowest BCUT2D eigenvalue weighted by molar-refractivity contribution is 0.0729. The number of benzene rings is 6. The van der Waals surface area contributed by atoms with Crippen LogP contribution in [-0.2, 0) is 4.74 Å². The molecule has 0 N–H and O–H groups in total. The van der Waals surface area contributed by atoms with E-state index < -0.39 is 0 Å². The Hall–Kier alpha value is -7.29. The van der Waals surface area contributed by atoms with Gasteiger partial charge in [-0.1, -0.05) is 174 Å². The van der Waals surface area contributed by atoms with Gasteiger partial charge in [-0.15, -0.1) is 0 Å². The molecule has 7 aliphatic carbocycles. The minimum Gasteiger partial charge on any atom is -0.495 e. The molecule has 0 spiro atoms. The Balaban J connectivity index is 0.000000120. The van der Waals surface area contributed by atoms with Crippen molar-refractivity contribution in [2.45, 2.75) is 226 Å². The number of halogens is 2. The average molecular weight is 1800 g/mol. The predicted octanol–water partition coefficient (Wildman–Crippen LogP) is 21.3. The number of anilines is 6. The zero-order valence-electron chi connectivity index (χ0n) is 81.2. The summed E-state index contributed by atoms with van der Waals surface area (Å²) in [6, 6.07) is 49.0. The minimum absolute atomic E-state index is 0.0876. The molecule has 6 aromatic carbocycles. The summed E-state index contributed by atoms with van der Waals surface area (Å²) in [7, 11) is 1.77. The molecule has 712 valence electrons. The molecule has 4 bridgehead atoms. The first-order valence-electron chi connectivity index (χ1n) is 52.2. The van der Waals surface area contributed by atoms with Gasteiger partial charge in [0.15, 0.2) is 0 Å². The Kier molecular flexibility index (Phi) is 37.3. The lowest BCUT2D eigenvalue weighted by atomic mass is 9.89. The van der Waals surface area contributed by atoms with Gasteiger partial charge in [-0.05, 0) is 243 Å². The normalized spacial score (nSPS) is 24.9. The van der Waals surface area contributed by atoms with E-state index in [1.165, 1.54) is 277 Å². The number of amides is 1. The van der Waals surface area contributed by atoms with Crippen molar-refractivity contribution in [1.29, 1.82) is 0 Å². The van der Waals surface area contributed by atoms with E-state index in [4.69, 9.17) is 25.8 Å². The lowest BCUT2D eigenvalue weighted by Gasteiger charge is -2.43. The summed E-state index contributed by atoms with van der Waals surface area (Å²) in [6.45, 7) is 45.4. The molecule has 1 amide bonds.